The summed E-state index contributed by atoms with van der Waals surface area (Å²) < 4.78 is 5.06. The van der Waals surface area contributed by atoms with Gasteiger partial charge in [-0.25, -0.2) is 0 Å². The third-order valence-electron chi connectivity index (χ3n) is 5.16. The molecule has 0 rings (SSSR count). The zero-order valence-electron chi connectivity index (χ0n) is 22.8. The Labute approximate surface area is 198 Å². The maximum atomic E-state index is 12.8. The standard InChI is InChI=1S/C20H39O3P.C3H8.C2H6.CH5N/c1-16(11-9-7-6-8-10-14-23-5)15-17(2)19(22)20(3,4)18(24)12-13-21;1-3-2;2*1-2/h13,16-18H,6-12,14-15,24H2,1-5H3;3H2,1-2H3;1-2H3;2H2,1H3/t16-,17+,18-;;;/m0.../s1. The average molecular weight is 464 g/mol. The Kier molecular flexibility index (Phi) is 34.0. The first kappa shape index (κ1) is 38.0. The van der Waals surface area contributed by atoms with Crippen LogP contribution in [0.15, 0.2) is 0 Å². The monoisotopic (exact) mass is 463 g/mol. The van der Waals surface area contributed by atoms with Crippen LogP contribution in [-0.2, 0) is 14.3 Å². The van der Waals surface area contributed by atoms with E-state index in [1.807, 2.05) is 34.6 Å². The topological polar surface area (TPSA) is 69.4 Å². The van der Waals surface area contributed by atoms with Crippen LogP contribution in [0, 0.1) is 17.3 Å². The Morgan fingerprint density at radius 3 is 1.94 bits per heavy atom. The van der Waals surface area contributed by atoms with Crippen LogP contribution in [-0.4, -0.2) is 38.5 Å². The highest BCUT2D eigenvalue weighted by atomic mass is 31.0. The molecule has 1 unspecified atom stereocenters. The molecule has 0 saturated heterocycles. The number of Topliss-reactive ketones (excluding diaryl/α,β-unsaturated/α-hetero) is 1. The van der Waals surface area contributed by atoms with Gasteiger partial charge in [-0.3, -0.25) is 4.79 Å². The normalized spacial score (nSPS) is 13.2. The van der Waals surface area contributed by atoms with Crippen LogP contribution in [0.2, 0.25) is 0 Å². The lowest BCUT2D eigenvalue weighted by atomic mass is 9.75. The van der Waals surface area contributed by atoms with Crippen molar-refractivity contribution in [2.24, 2.45) is 23.0 Å². The lowest BCUT2D eigenvalue weighted by Crippen LogP contribution is -2.38. The Morgan fingerprint density at radius 1 is 1.03 bits per heavy atom. The molecule has 0 aromatic carbocycles. The second kappa shape index (κ2) is 27.7. The fourth-order valence-electron chi connectivity index (χ4n) is 3.31. The van der Waals surface area contributed by atoms with Crippen molar-refractivity contribution in [2.75, 3.05) is 20.8 Å². The number of rotatable bonds is 15. The van der Waals surface area contributed by atoms with Gasteiger partial charge in [0.15, 0.2) is 0 Å². The fraction of sp³-hybridized carbons (Fsp3) is 0.923. The molecule has 190 valence electrons. The lowest BCUT2D eigenvalue weighted by molar-refractivity contribution is -0.131. The van der Waals surface area contributed by atoms with Gasteiger partial charge in [-0.1, -0.05) is 93.9 Å². The number of unbranched alkanes of at least 4 members (excludes halogenated alkanes) is 4. The molecule has 0 aliphatic carbocycles. The lowest BCUT2D eigenvalue weighted by Gasteiger charge is -2.32. The van der Waals surface area contributed by atoms with Crippen LogP contribution in [0.5, 0.6) is 0 Å². The second-order valence-corrected chi connectivity index (χ2v) is 9.40. The van der Waals surface area contributed by atoms with Crippen LogP contribution in [0.1, 0.15) is 113 Å². The first-order valence-corrected chi connectivity index (χ1v) is 13.2. The first-order chi connectivity index (χ1) is 14.7. The molecular weight excluding hydrogens is 405 g/mol. The molecule has 4 nitrogen and oxygen atoms in total. The molecule has 0 aliphatic heterocycles. The van der Waals surface area contributed by atoms with Crippen molar-refractivity contribution in [1.82, 2.24) is 0 Å². The Morgan fingerprint density at radius 2 is 1.48 bits per heavy atom. The largest absolute Gasteiger partial charge is 0.385 e. The summed E-state index contributed by atoms with van der Waals surface area (Å²) >= 11 is 0. The molecule has 0 amide bonds. The second-order valence-electron chi connectivity index (χ2n) is 8.59. The highest BCUT2D eigenvalue weighted by Gasteiger charge is 2.36. The van der Waals surface area contributed by atoms with Crippen LogP contribution >= 0.6 is 9.24 Å². The van der Waals surface area contributed by atoms with Crippen molar-refractivity contribution in [3.8, 4) is 0 Å². The van der Waals surface area contributed by atoms with Crippen molar-refractivity contribution in [1.29, 1.82) is 0 Å². The van der Waals surface area contributed by atoms with Crippen molar-refractivity contribution < 1.29 is 14.3 Å². The summed E-state index contributed by atoms with van der Waals surface area (Å²) in [5, 5.41) is 0. The molecule has 31 heavy (non-hydrogen) atoms. The number of ketones is 1. The van der Waals surface area contributed by atoms with Crippen molar-refractivity contribution in [3.05, 3.63) is 0 Å². The summed E-state index contributed by atoms with van der Waals surface area (Å²) in [5.41, 5.74) is 4.07. The molecule has 0 radical (unpaired) electrons. The molecule has 0 bridgehead atoms. The molecule has 0 heterocycles. The molecule has 4 atom stereocenters. The van der Waals surface area contributed by atoms with Gasteiger partial charge in [-0.05, 0) is 31.5 Å². The van der Waals surface area contributed by atoms with Gasteiger partial charge in [0.05, 0.1) is 0 Å². The maximum Gasteiger partial charge on any atom is 0.141 e. The summed E-state index contributed by atoms with van der Waals surface area (Å²) in [6, 6.07) is 0. The van der Waals surface area contributed by atoms with Gasteiger partial charge in [0, 0.05) is 31.5 Å². The van der Waals surface area contributed by atoms with Crippen LogP contribution in [0.4, 0.5) is 0 Å². The number of ether oxygens (including phenoxy) is 1. The predicted molar refractivity (Wildman–Crippen MR) is 143 cm³/mol. The van der Waals surface area contributed by atoms with Gasteiger partial charge in [-0.15, -0.1) is 9.24 Å². The van der Waals surface area contributed by atoms with E-state index in [0.29, 0.717) is 12.3 Å². The van der Waals surface area contributed by atoms with Crippen LogP contribution < -0.4 is 5.73 Å². The summed E-state index contributed by atoms with van der Waals surface area (Å²) in [5.74, 6) is 0.926. The van der Waals surface area contributed by atoms with E-state index in [9.17, 15) is 9.59 Å². The minimum Gasteiger partial charge on any atom is -0.385 e. The highest BCUT2D eigenvalue weighted by Crippen LogP contribution is 2.34. The molecule has 0 fully saturated rings. The van der Waals surface area contributed by atoms with E-state index >= 15 is 0 Å². The number of aldehydes is 1. The number of hydrogen-bond donors (Lipinski definition) is 1. The van der Waals surface area contributed by atoms with Crippen molar-refractivity contribution in [3.63, 3.8) is 0 Å². The Bertz CT molecular complexity index is 376. The van der Waals surface area contributed by atoms with Crippen molar-refractivity contribution >= 4 is 21.3 Å². The summed E-state index contributed by atoms with van der Waals surface area (Å²) in [6.07, 6.45) is 10.9. The zero-order valence-corrected chi connectivity index (χ0v) is 23.9. The third-order valence-corrected chi connectivity index (χ3v) is 6.27. The van der Waals surface area contributed by atoms with E-state index < -0.39 is 5.41 Å². The Balaban J connectivity index is -0.000000463. The van der Waals surface area contributed by atoms with Gasteiger partial charge in [-0.2, -0.15) is 0 Å². The molecule has 2 N–H and O–H groups in total. The minimum atomic E-state index is -0.452. The number of methoxy groups -OCH3 is 1. The van der Waals surface area contributed by atoms with E-state index in [-0.39, 0.29) is 17.4 Å². The summed E-state index contributed by atoms with van der Waals surface area (Å²) in [6.45, 7) is 17.4. The molecular formula is C26H58NO3P. The van der Waals surface area contributed by atoms with Gasteiger partial charge >= 0.3 is 0 Å². The number of carbonyl (C=O) groups is 2. The maximum absolute atomic E-state index is 12.8. The molecule has 0 aromatic heterocycles. The number of hydrogen-bond acceptors (Lipinski definition) is 4. The first-order valence-electron chi connectivity index (χ1n) is 12.5. The van der Waals surface area contributed by atoms with E-state index in [0.717, 1.165) is 25.7 Å². The van der Waals surface area contributed by atoms with Gasteiger partial charge in [0.1, 0.15) is 12.1 Å². The van der Waals surface area contributed by atoms with Crippen molar-refractivity contribution in [2.45, 2.75) is 119 Å². The van der Waals surface area contributed by atoms with Crippen LogP contribution in [0.3, 0.4) is 0 Å². The van der Waals surface area contributed by atoms with Gasteiger partial charge < -0.3 is 15.3 Å². The van der Waals surface area contributed by atoms with E-state index in [4.69, 9.17) is 4.74 Å². The van der Waals surface area contributed by atoms with Gasteiger partial charge in [0.2, 0.25) is 0 Å². The summed E-state index contributed by atoms with van der Waals surface area (Å²) in [7, 11) is 5.93. The minimum absolute atomic E-state index is 0.0207. The SMILES string of the molecule is CC.CCC.CN.COCCCCCCC[C@H](C)C[C@@H](C)C(=O)C(C)(C)[C@@H](P)CC=O. The smallest absolute Gasteiger partial charge is 0.141 e. The number of nitrogens with two attached hydrogens (primary N) is 1. The molecule has 0 aromatic rings. The van der Waals surface area contributed by atoms with E-state index in [1.54, 1.807) is 7.11 Å². The fourth-order valence-corrected chi connectivity index (χ4v) is 3.59. The third kappa shape index (κ3) is 22.7. The molecule has 0 saturated carbocycles. The highest BCUT2D eigenvalue weighted by molar-refractivity contribution is 7.17. The van der Waals surface area contributed by atoms with E-state index in [2.05, 4.69) is 35.7 Å². The van der Waals surface area contributed by atoms with E-state index in [1.165, 1.54) is 45.6 Å². The number of carbonyl (C=O) groups excluding carboxylic acids is 2. The molecule has 0 spiro atoms. The predicted octanol–water partition coefficient (Wildman–Crippen LogP) is 7.08. The van der Waals surface area contributed by atoms with Gasteiger partial charge in [0.25, 0.3) is 0 Å². The summed E-state index contributed by atoms with van der Waals surface area (Å²) in [4.78, 5) is 23.5. The quantitative estimate of drug-likeness (QED) is 0.160. The zero-order chi connectivity index (χ0) is 25.3. The molecule has 0 aliphatic rings. The molecule has 5 heteroatoms. The average Bonchev–Trinajstić information content (AvgIpc) is 2.76. The van der Waals surface area contributed by atoms with Crippen LogP contribution in [0.25, 0.3) is 0 Å². The Hall–Kier alpha value is -0.310.